The zero-order valence-electron chi connectivity index (χ0n) is 6.86. The third kappa shape index (κ3) is 1.38. The van der Waals surface area contributed by atoms with Crippen LogP contribution in [0.1, 0.15) is 5.56 Å². The Labute approximate surface area is 74.0 Å². The summed E-state index contributed by atoms with van der Waals surface area (Å²) in [5.74, 6) is 0. The molecule has 1 aromatic rings. The van der Waals surface area contributed by atoms with Gasteiger partial charge in [-0.25, -0.2) is 0 Å². The lowest BCUT2D eigenvalue weighted by molar-refractivity contribution is 0.500. The first-order valence-electron chi connectivity index (χ1n) is 4.14. The smallest absolute Gasteiger partial charge is 0.445 e. The lowest BCUT2D eigenvalue weighted by Gasteiger charge is -2.18. The molecule has 0 saturated heterocycles. The predicted octanol–water partition coefficient (Wildman–Crippen LogP) is 1.71. The molecule has 1 nitrogen and oxygen atoms in total. The van der Waals surface area contributed by atoms with Gasteiger partial charge in [0.15, 0.2) is 0 Å². The zero-order chi connectivity index (χ0) is 9.47. The molecule has 0 aliphatic carbocycles. The quantitative estimate of drug-likeness (QED) is 0.658. The molecule has 1 aromatic carbocycles. The summed E-state index contributed by atoms with van der Waals surface area (Å²) < 4.78 is 37.4. The summed E-state index contributed by atoms with van der Waals surface area (Å²) in [7, 11) is 0. The molecule has 0 saturated carbocycles. The number of fused-ring (bicyclic) bond motifs is 1. The summed E-state index contributed by atoms with van der Waals surface area (Å²) in [6.45, 7) is -4.25. The number of anilines is 1. The topological polar surface area (TPSA) is 12.0 Å². The molecule has 0 atom stereocenters. The average Bonchev–Trinajstić information content (AvgIpc) is 2.48. The molecular weight excluding hydrogens is 178 g/mol. The van der Waals surface area contributed by atoms with E-state index in [4.69, 9.17) is 0 Å². The number of halogens is 3. The van der Waals surface area contributed by atoms with Gasteiger partial charge in [-0.05, 0) is 18.1 Å². The second-order valence-electron chi connectivity index (χ2n) is 3.12. The van der Waals surface area contributed by atoms with Crippen molar-refractivity contribution in [3.63, 3.8) is 0 Å². The Morgan fingerprint density at radius 1 is 1.23 bits per heavy atom. The number of hydrogen-bond donors (Lipinski definition) is 1. The molecule has 70 valence electrons. The van der Waals surface area contributed by atoms with Gasteiger partial charge in [0.2, 0.25) is 0 Å². The van der Waals surface area contributed by atoms with Crippen molar-refractivity contribution in [3.8, 4) is 0 Å². The molecule has 2 rings (SSSR count). The van der Waals surface area contributed by atoms with Crippen molar-refractivity contribution in [1.29, 1.82) is 0 Å². The fourth-order valence-electron chi connectivity index (χ4n) is 1.68. The molecule has 0 unspecified atom stereocenters. The molecule has 1 heterocycles. The van der Waals surface area contributed by atoms with Gasteiger partial charge in [-0.1, -0.05) is 12.1 Å². The van der Waals surface area contributed by atoms with E-state index in [2.05, 4.69) is 5.32 Å². The van der Waals surface area contributed by atoms with E-state index in [9.17, 15) is 12.9 Å². The Balaban J connectivity index is 2.54. The molecule has 5 heteroatoms. The first-order valence-corrected chi connectivity index (χ1v) is 4.14. The first-order chi connectivity index (χ1) is 6.09. The van der Waals surface area contributed by atoms with E-state index in [1.807, 2.05) is 0 Å². The third-order valence-corrected chi connectivity index (χ3v) is 2.26. The lowest BCUT2D eigenvalue weighted by Crippen LogP contribution is -2.36. The van der Waals surface area contributed by atoms with Gasteiger partial charge in [0.25, 0.3) is 0 Å². The van der Waals surface area contributed by atoms with E-state index in [1.54, 1.807) is 6.07 Å². The van der Waals surface area contributed by atoms with Gasteiger partial charge >= 0.3 is 6.98 Å². The van der Waals surface area contributed by atoms with E-state index in [0.717, 1.165) is 6.07 Å². The van der Waals surface area contributed by atoms with Crippen LogP contribution in [0.5, 0.6) is 0 Å². The average molecular weight is 186 g/mol. The first kappa shape index (κ1) is 8.47. The van der Waals surface area contributed by atoms with Crippen molar-refractivity contribution in [2.75, 3.05) is 11.9 Å². The molecule has 0 radical (unpaired) electrons. The van der Waals surface area contributed by atoms with Gasteiger partial charge in [0.05, 0.1) is 0 Å². The third-order valence-electron chi connectivity index (χ3n) is 2.26. The summed E-state index contributed by atoms with van der Waals surface area (Å²) in [5, 5.41) is 2.92. The monoisotopic (exact) mass is 186 g/mol. The van der Waals surface area contributed by atoms with E-state index in [1.165, 1.54) is 6.07 Å². The largest absolute Gasteiger partial charge is 0.509 e. The number of nitrogens with one attached hydrogen (secondary N) is 1. The summed E-state index contributed by atoms with van der Waals surface area (Å²) in [6, 6.07) is 4.29. The zero-order valence-corrected chi connectivity index (χ0v) is 6.86. The van der Waals surface area contributed by atoms with E-state index in [-0.39, 0.29) is 0 Å². The molecule has 1 aliphatic rings. The van der Waals surface area contributed by atoms with Crippen LogP contribution in [0.25, 0.3) is 0 Å². The van der Waals surface area contributed by atoms with Gasteiger partial charge in [-0.3, -0.25) is 0 Å². The molecule has 0 aromatic heterocycles. The molecule has 0 spiro atoms. The standard InChI is InChI=1S/C8H8BF3N/c10-9(11,12)7-2-1-3-8-6(7)4-5-13-8/h1-3,13H,4-5H2/q-1. The highest BCUT2D eigenvalue weighted by molar-refractivity contribution is 6.74. The van der Waals surface area contributed by atoms with Gasteiger partial charge in [0, 0.05) is 12.2 Å². The van der Waals surface area contributed by atoms with Crippen molar-refractivity contribution < 1.29 is 12.9 Å². The highest BCUT2D eigenvalue weighted by atomic mass is 19.4. The molecule has 0 amide bonds. The van der Waals surface area contributed by atoms with Crippen LogP contribution >= 0.6 is 0 Å². The minimum absolute atomic E-state index is 0.426. The predicted molar refractivity (Wildman–Crippen MR) is 47.3 cm³/mol. The highest BCUT2D eigenvalue weighted by Crippen LogP contribution is 2.23. The molecule has 13 heavy (non-hydrogen) atoms. The van der Waals surface area contributed by atoms with Crippen molar-refractivity contribution in [2.24, 2.45) is 0 Å². The molecule has 1 N–H and O–H groups in total. The maximum atomic E-state index is 12.5. The Kier molecular flexibility index (Phi) is 1.75. The van der Waals surface area contributed by atoms with E-state index >= 15 is 0 Å². The Morgan fingerprint density at radius 2 is 2.00 bits per heavy atom. The van der Waals surface area contributed by atoms with Crippen LogP contribution in [0, 0.1) is 0 Å². The van der Waals surface area contributed by atoms with Gasteiger partial charge in [-0.2, -0.15) is 0 Å². The number of benzene rings is 1. The van der Waals surface area contributed by atoms with Crippen molar-refractivity contribution in [2.45, 2.75) is 6.42 Å². The Bertz CT molecular complexity index is 335. The lowest BCUT2D eigenvalue weighted by atomic mass is 9.76. The van der Waals surface area contributed by atoms with Crippen molar-refractivity contribution >= 4 is 18.1 Å². The Hall–Kier alpha value is -1.13. The second-order valence-corrected chi connectivity index (χ2v) is 3.12. The van der Waals surface area contributed by atoms with Crippen LogP contribution < -0.4 is 10.8 Å². The van der Waals surface area contributed by atoms with Crippen LogP contribution in [0.4, 0.5) is 18.6 Å². The Morgan fingerprint density at radius 3 is 2.69 bits per heavy atom. The van der Waals surface area contributed by atoms with Gasteiger partial charge in [-0.15, -0.1) is 5.46 Å². The molecule has 0 bridgehead atoms. The van der Waals surface area contributed by atoms with E-state index < -0.39 is 12.4 Å². The fourth-order valence-corrected chi connectivity index (χ4v) is 1.68. The van der Waals surface area contributed by atoms with E-state index in [0.29, 0.717) is 24.2 Å². The normalized spacial score (nSPS) is 15.3. The summed E-state index contributed by atoms with van der Waals surface area (Å²) >= 11 is 0. The molecule has 0 fully saturated rings. The van der Waals surface area contributed by atoms with Gasteiger partial charge in [0.1, 0.15) is 0 Å². The molecular formula is C8H8BF3N-. The fraction of sp³-hybridized carbons (Fsp3) is 0.250. The van der Waals surface area contributed by atoms with Crippen molar-refractivity contribution in [1.82, 2.24) is 0 Å². The minimum Gasteiger partial charge on any atom is -0.445 e. The van der Waals surface area contributed by atoms with Crippen LogP contribution in [0.3, 0.4) is 0 Å². The molecule has 1 aliphatic heterocycles. The van der Waals surface area contributed by atoms with Crippen LogP contribution in [-0.4, -0.2) is 13.5 Å². The van der Waals surface area contributed by atoms with Crippen LogP contribution in [-0.2, 0) is 6.42 Å². The highest BCUT2D eigenvalue weighted by Gasteiger charge is 2.30. The number of hydrogen-bond acceptors (Lipinski definition) is 1. The number of rotatable bonds is 1. The van der Waals surface area contributed by atoms with Crippen molar-refractivity contribution in [3.05, 3.63) is 23.8 Å². The van der Waals surface area contributed by atoms with Gasteiger partial charge < -0.3 is 18.3 Å². The minimum atomic E-state index is -4.86. The SMILES string of the molecule is F[B-](F)(F)c1cccc2c1CCN2. The summed E-state index contributed by atoms with van der Waals surface area (Å²) in [4.78, 5) is 0. The van der Waals surface area contributed by atoms with Crippen LogP contribution in [0.2, 0.25) is 0 Å². The summed E-state index contributed by atoms with van der Waals surface area (Å²) in [6.07, 6.45) is 0.479. The summed E-state index contributed by atoms with van der Waals surface area (Å²) in [5.41, 5.74) is 0.620. The second kappa shape index (κ2) is 2.68. The van der Waals surface area contributed by atoms with Crippen LogP contribution in [0.15, 0.2) is 18.2 Å². The maximum absolute atomic E-state index is 12.5. The maximum Gasteiger partial charge on any atom is 0.509 e.